The second kappa shape index (κ2) is 9.16. The minimum absolute atomic E-state index is 0. The van der Waals surface area contributed by atoms with E-state index in [-0.39, 0.29) is 14.2 Å². The number of hydrogen-bond donors (Lipinski definition) is 1. The number of nitrogens with zero attached hydrogens (tertiary/aromatic N) is 2. The third-order valence-electron chi connectivity index (χ3n) is 7.22. The minimum Gasteiger partial charge on any atom is -0.493 e. The van der Waals surface area contributed by atoms with Crippen molar-refractivity contribution in [2.75, 3.05) is 13.7 Å². The van der Waals surface area contributed by atoms with Crippen LogP contribution in [0.3, 0.4) is 0 Å². The van der Waals surface area contributed by atoms with E-state index < -0.39 is 0 Å². The van der Waals surface area contributed by atoms with Gasteiger partial charge >= 0.3 is 0 Å². The fourth-order valence-corrected chi connectivity index (χ4v) is 5.58. The maximum Gasteiger partial charge on any atom is 0.161 e. The molecule has 0 spiro atoms. The highest BCUT2D eigenvalue weighted by molar-refractivity contribution is 5.86. The summed E-state index contributed by atoms with van der Waals surface area (Å²) in [6, 6.07) is 23.3. The van der Waals surface area contributed by atoms with Crippen molar-refractivity contribution in [1.29, 1.82) is 0 Å². The predicted octanol–water partition coefficient (Wildman–Crippen LogP) is 5.47. The summed E-state index contributed by atoms with van der Waals surface area (Å²) < 4.78 is 14.0. The molecule has 0 fully saturated rings. The van der Waals surface area contributed by atoms with Crippen LogP contribution in [0.15, 0.2) is 66.7 Å². The van der Waals surface area contributed by atoms with Crippen molar-refractivity contribution in [3.05, 3.63) is 94.7 Å². The Morgan fingerprint density at radius 1 is 1.00 bits per heavy atom. The topological polar surface area (TPSA) is 46.9 Å². The van der Waals surface area contributed by atoms with Crippen LogP contribution in [-0.2, 0) is 32.7 Å². The number of para-hydroxylation sites is 1. The summed E-state index contributed by atoms with van der Waals surface area (Å²) in [7, 11) is 1.71. The first kappa shape index (κ1) is 22.5. The van der Waals surface area contributed by atoms with Crippen LogP contribution >= 0.6 is 0 Å². The Bertz CT molecular complexity index is 1310. The van der Waals surface area contributed by atoms with Gasteiger partial charge in [-0.15, -0.1) is 0 Å². The molecule has 1 atom stereocenters. The lowest BCUT2D eigenvalue weighted by Gasteiger charge is -2.41. The van der Waals surface area contributed by atoms with Gasteiger partial charge in [-0.3, -0.25) is 4.90 Å². The van der Waals surface area contributed by atoms with Crippen molar-refractivity contribution in [1.82, 2.24) is 9.47 Å². The van der Waals surface area contributed by atoms with Gasteiger partial charge in [0.1, 0.15) is 13.3 Å². The second-order valence-electron chi connectivity index (χ2n) is 8.93. The zero-order valence-electron chi connectivity index (χ0n) is 18.8. The van der Waals surface area contributed by atoms with Crippen molar-refractivity contribution < 1.29 is 14.6 Å². The number of aliphatic hydroxyl groups excluding tert-OH is 1. The summed E-state index contributed by atoms with van der Waals surface area (Å²) in [4.78, 5) is 2.54. The quantitative estimate of drug-likeness (QED) is 0.433. The minimum atomic E-state index is 0. The monoisotopic (exact) mass is 456 g/mol. The Morgan fingerprint density at radius 3 is 2.59 bits per heavy atom. The molecule has 1 N–H and O–H groups in total. The molecule has 34 heavy (non-hydrogen) atoms. The third kappa shape index (κ3) is 3.65. The van der Waals surface area contributed by atoms with E-state index in [9.17, 15) is 5.11 Å². The van der Waals surface area contributed by atoms with Gasteiger partial charge in [-0.25, -0.2) is 0 Å². The predicted molar refractivity (Wildman–Crippen MR) is 135 cm³/mol. The number of fused-ring (bicyclic) bond motifs is 6. The summed E-state index contributed by atoms with van der Waals surface area (Å²) in [5.74, 6) is 1.59. The Balaban J connectivity index is 0.00000241. The molecule has 3 heterocycles. The second-order valence-corrected chi connectivity index (χ2v) is 8.93. The lowest BCUT2D eigenvalue weighted by Crippen LogP contribution is -2.39. The molecule has 176 valence electrons. The normalized spacial score (nSPS) is 16.8. The van der Waals surface area contributed by atoms with E-state index in [2.05, 4.69) is 51.9 Å². The smallest absolute Gasteiger partial charge is 0.161 e. The largest absolute Gasteiger partial charge is 0.493 e. The molecule has 2 aliphatic rings. The molecule has 0 saturated heterocycles. The molecule has 0 amide bonds. The molecule has 4 aromatic rings. The summed E-state index contributed by atoms with van der Waals surface area (Å²) in [5.41, 5.74) is 7.53. The molecule has 0 aliphatic carbocycles. The zero-order valence-corrected chi connectivity index (χ0v) is 18.8. The van der Waals surface area contributed by atoms with Crippen molar-refractivity contribution >= 4 is 10.9 Å². The third-order valence-corrected chi connectivity index (χ3v) is 7.22. The number of ether oxygens (including phenoxy) is 2. The molecule has 5 heteroatoms. The van der Waals surface area contributed by atoms with Gasteiger partial charge in [0.25, 0.3) is 0 Å². The average Bonchev–Trinajstić information content (AvgIpc) is 3.18. The van der Waals surface area contributed by atoms with E-state index >= 15 is 0 Å². The molecular formula is C29H32N2O3. The first-order valence-corrected chi connectivity index (χ1v) is 11.6. The van der Waals surface area contributed by atoms with Crippen LogP contribution in [0.5, 0.6) is 11.5 Å². The average molecular weight is 457 g/mol. The van der Waals surface area contributed by atoms with Gasteiger partial charge in [0.15, 0.2) is 11.5 Å². The van der Waals surface area contributed by atoms with Gasteiger partial charge in [0.2, 0.25) is 0 Å². The Labute approximate surface area is 201 Å². The number of hydrogen-bond acceptors (Lipinski definition) is 4. The van der Waals surface area contributed by atoms with E-state index in [1.165, 1.54) is 27.8 Å². The van der Waals surface area contributed by atoms with E-state index in [1.807, 2.05) is 24.3 Å². The van der Waals surface area contributed by atoms with E-state index in [0.717, 1.165) is 48.5 Å². The molecule has 3 aromatic carbocycles. The van der Waals surface area contributed by atoms with Gasteiger partial charge in [-0.2, -0.15) is 0 Å². The molecule has 2 aliphatic heterocycles. The first-order valence-electron chi connectivity index (χ1n) is 11.6. The molecule has 0 bridgehead atoms. The van der Waals surface area contributed by atoms with Crippen molar-refractivity contribution in [3.8, 4) is 11.5 Å². The van der Waals surface area contributed by atoms with E-state index in [4.69, 9.17) is 9.47 Å². The van der Waals surface area contributed by atoms with Crippen LogP contribution in [0.2, 0.25) is 0 Å². The number of benzene rings is 3. The number of aliphatic hydroxyl groups is 1. The van der Waals surface area contributed by atoms with Gasteiger partial charge in [-0.05, 0) is 53.3 Å². The fraction of sp³-hybridized carbons (Fsp3) is 0.310. The van der Waals surface area contributed by atoms with E-state index in [0.29, 0.717) is 12.6 Å². The van der Waals surface area contributed by atoms with Gasteiger partial charge in [0.05, 0.1) is 12.6 Å². The first-order chi connectivity index (χ1) is 16.3. The van der Waals surface area contributed by atoms with Crippen LogP contribution < -0.4 is 9.47 Å². The van der Waals surface area contributed by atoms with Crippen LogP contribution in [-0.4, -0.2) is 28.2 Å². The molecule has 5 nitrogen and oxygen atoms in total. The summed E-state index contributed by atoms with van der Waals surface area (Å²) in [6.07, 6.45) is 1.91. The molecule has 1 unspecified atom stereocenters. The van der Waals surface area contributed by atoms with Crippen LogP contribution in [0, 0.1) is 0 Å². The fourth-order valence-electron chi connectivity index (χ4n) is 5.58. The lowest BCUT2D eigenvalue weighted by molar-refractivity contribution is 0.145. The lowest BCUT2D eigenvalue weighted by atomic mass is 9.85. The van der Waals surface area contributed by atoms with Crippen molar-refractivity contribution in [2.24, 2.45) is 0 Å². The number of aromatic nitrogens is 1. The maximum atomic E-state index is 10.1. The molecule has 0 saturated carbocycles. The molecule has 6 rings (SSSR count). The van der Waals surface area contributed by atoms with Gasteiger partial charge < -0.3 is 19.1 Å². The number of rotatable bonds is 5. The standard InChI is InChI=1S/C28H28N2O3.CH4/c1-32-27-15-22-20(13-28(27)33-17-19-7-3-2-4-8-19)11-12-29-16-26-23(14-25(22)29)21-9-5-6-10-24(21)30(26)18-31;/h2-10,13,15,25,31H,11-12,14,16-18H2,1H3;1H4. The molecular weight excluding hydrogens is 424 g/mol. The zero-order chi connectivity index (χ0) is 22.4. The summed E-state index contributed by atoms with van der Waals surface area (Å²) in [5, 5.41) is 11.3. The maximum absolute atomic E-state index is 10.1. The van der Waals surface area contributed by atoms with Crippen LogP contribution in [0.4, 0.5) is 0 Å². The highest BCUT2D eigenvalue weighted by atomic mass is 16.5. The summed E-state index contributed by atoms with van der Waals surface area (Å²) in [6.45, 7) is 2.38. The molecule has 1 aromatic heterocycles. The summed E-state index contributed by atoms with van der Waals surface area (Å²) >= 11 is 0. The number of methoxy groups -OCH3 is 1. The highest BCUT2D eigenvalue weighted by Crippen LogP contribution is 2.44. The van der Waals surface area contributed by atoms with Crippen LogP contribution in [0.25, 0.3) is 10.9 Å². The Kier molecular flexibility index (Phi) is 6.07. The van der Waals surface area contributed by atoms with E-state index in [1.54, 1.807) is 7.11 Å². The van der Waals surface area contributed by atoms with Crippen molar-refractivity contribution in [3.63, 3.8) is 0 Å². The van der Waals surface area contributed by atoms with Gasteiger partial charge in [-0.1, -0.05) is 56.0 Å². The van der Waals surface area contributed by atoms with Crippen LogP contribution in [0.1, 0.15) is 41.4 Å². The Morgan fingerprint density at radius 2 is 1.79 bits per heavy atom. The highest BCUT2D eigenvalue weighted by Gasteiger charge is 2.35. The Hall–Kier alpha value is -3.28. The van der Waals surface area contributed by atoms with Gasteiger partial charge in [0, 0.05) is 30.2 Å². The SMILES string of the molecule is C.COc1cc2c(cc1OCc1ccccc1)CCN1Cc3c(c4ccccc4n3CO)CC21. The molecule has 0 radical (unpaired) electrons. The van der Waals surface area contributed by atoms with Crippen molar-refractivity contribution in [2.45, 2.75) is 46.2 Å².